The van der Waals surface area contributed by atoms with Crippen LogP contribution in [0.5, 0.6) is 0 Å². The highest BCUT2D eigenvalue weighted by Gasteiger charge is 2.38. The molecule has 0 spiro atoms. The molecule has 0 N–H and O–H groups in total. The Kier molecular flexibility index (Phi) is 2.23. The first-order chi connectivity index (χ1) is 7.54. The summed E-state index contributed by atoms with van der Waals surface area (Å²) in [7, 11) is 0. The van der Waals surface area contributed by atoms with Crippen LogP contribution in [0.2, 0.25) is 0 Å². The van der Waals surface area contributed by atoms with Gasteiger partial charge in [-0.2, -0.15) is 0 Å². The molecule has 0 radical (unpaired) electrons. The van der Waals surface area contributed by atoms with E-state index < -0.39 is 23.7 Å². The van der Waals surface area contributed by atoms with Crippen LogP contribution >= 0.6 is 0 Å². The molecule has 5 nitrogen and oxygen atoms in total. The van der Waals surface area contributed by atoms with Crippen molar-refractivity contribution in [2.45, 2.75) is 13.0 Å². The van der Waals surface area contributed by atoms with Crippen LogP contribution in [0, 0.1) is 0 Å². The molecule has 0 bridgehead atoms. The van der Waals surface area contributed by atoms with Gasteiger partial charge in [-0.15, -0.1) is 0 Å². The van der Waals surface area contributed by atoms with Gasteiger partial charge in [-0.25, -0.2) is 0 Å². The lowest BCUT2D eigenvalue weighted by Gasteiger charge is -2.25. The van der Waals surface area contributed by atoms with Gasteiger partial charge in [0, 0.05) is 0 Å². The Morgan fingerprint density at radius 3 is 2.56 bits per heavy atom. The number of hydrogen-bond acceptors (Lipinski definition) is 4. The quantitative estimate of drug-likeness (QED) is 0.618. The fraction of sp³-hybridized carbons (Fsp3) is 0.182. The molecular formula is C11H8NO4-. The Hall–Kier alpha value is -2.17. The van der Waals surface area contributed by atoms with E-state index in [0.717, 1.165) is 4.90 Å². The number of carboxylic acids is 1. The molecule has 0 saturated carbocycles. The van der Waals surface area contributed by atoms with Crippen LogP contribution in [0.15, 0.2) is 24.3 Å². The molecule has 1 amide bonds. The van der Waals surface area contributed by atoms with Crippen LogP contribution in [0.25, 0.3) is 0 Å². The Morgan fingerprint density at radius 2 is 1.94 bits per heavy atom. The van der Waals surface area contributed by atoms with Gasteiger partial charge < -0.3 is 9.90 Å². The molecule has 0 aliphatic carbocycles. The maximum atomic E-state index is 11.6. The molecule has 1 aromatic rings. The smallest absolute Gasteiger partial charge is 0.300 e. The number of Topliss-reactive ketones (excluding diaryl/α,β-unsaturated/α-hetero) is 1. The lowest BCUT2D eigenvalue weighted by atomic mass is 10.1. The van der Waals surface area contributed by atoms with Gasteiger partial charge in [0.1, 0.15) is 0 Å². The van der Waals surface area contributed by atoms with E-state index >= 15 is 0 Å². The number of carbonyl (C=O) groups is 3. The number of para-hydroxylation sites is 1. The molecule has 0 saturated heterocycles. The van der Waals surface area contributed by atoms with Crippen molar-refractivity contribution in [2.75, 3.05) is 4.90 Å². The van der Waals surface area contributed by atoms with Crippen molar-refractivity contribution >= 4 is 23.3 Å². The summed E-state index contributed by atoms with van der Waals surface area (Å²) >= 11 is 0. The Bertz CT molecular complexity index is 495. The number of aliphatic carboxylic acids is 1. The highest BCUT2D eigenvalue weighted by atomic mass is 16.4. The molecule has 1 aliphatic heterocycles. The van der Waals surface area contributed by atoms with Gasteiger partial charge in [-0.05, 0) is 19.1 Å². The van der Waals surface area contributed by atoms with Gasteiger partial charge in [0.2, 0.25) is 0 Å². The highest BCUT2D eigenvalue weighted by molar-refractivity contribution is 6.52. The highest BCUT2D eigenvalue weighted by Crippen LogP contribution is 2.29. The Labute approximate surface area is 91.3 Å². The molecule has 0 fully saturated rings. The van der Waals surface area contributed by atoms with Gasteiger partial charge >= 0.3 is 0 Å². The number of benzene rings is 1. The van der Waals surface area contributed by atoms with Crippen LogP contribution in [-0.2, 0) is 9.59 Å². The first kappa shape index (κ1) is 10.4. The van der Waals surface area contributed by atoms with Crippen molar-refractivity contribution in [3.8, 4) is 0 Å². The minimum absolute atomic E-state index is 0.237. The number of ketones is 1. The average Bonchev–Trinajstić information content (AvgIpc) is 2.52. The second kappa shape index (κ2) is 3.44. The predicted molar refractivity (Wildman–Crippen MR) is 52.7 cm³/mol. The summed E-state index contributed by atoms with van der Waals surface area (Å²) in [4.78, 5) is 34.8. The number of carboxylic acid groups (broad SMARTS) is 1. The number of hydrogen-bond donors (Lipinski definition) is 0. The molecule has 0 unspecified atom stereocenters. The molecule has 1 atom stereocenters. The van der Waals surface area contributed by atoms with Crippen molar-refractivity contribution in [2.24, 2.45) is 0 Å². The zero-order chi connectivity index (χ0) is 11.9. The van der Waals surface area contributed by atoms with Crippen molar-refractivity contribution in [1.82, 2.24) is 0 Å². The van der Waals surface area contributed by atoms with E-state index in [9.17, 15) is 19.5 Å². The van der Waals surface area contributed by atoms with Gasteiger partial charge in [0.05, 0.1) is 23.3 Å². The van der Waals surface area contributed by atoms with Crippen molar-refractivity contribution < 1.29 is 19.5 Å². The summed E-state index contributed by atoms with van der Waals surface area (Å²) in [5, 5.41) is 10.7. The molecule has 5 heteroatoms. The molecule has 82 valence electrons. The van der Waals surface area contributed by atoms with Gasteiger partial charge in [0.25, 0.3) is 11.7 Å². The van der Waals surface area contributed by atoms with E-state index in [2.05, 4.69) is 0 Å². The standard InChI is InChI=1S/C11H9NO4/c1-6(11(15)16)12-8-5-3-2-4-7(8)9(13)10(12)14/h2-6H,1H3,(H,15,16)/p-1/t6-/m1/s1. The number of amides is 1. The van der Waals surface area contributed by atoms with E-state index in [4.69, 9.17) is 0 Å². The van der Waals surface area contributed by atoms with Crippen LogP contribution in [0.4, 0.5) is 5.69 Å². The van der Waals surface area contributed by atoms with E-state index in [-0.39, 0.29) is 5.56 Å². The molecule has 0 aromatic heterocycles. The zero-order valence-corrected chi connectivity index (χ0v) is 8.47. The largest absolute Gasteiger partial charge is 0.548 e. The number of rotatable bonds is 2. The summed E-state index contributed by atoms with van der Waals surface area (Å²) in [5.41, 5.74) is 0.565. The van der Waals surface area contributed by atoms with Crippen LogP contribution < -0.4 is 10.0 Å². The Balaban J connectivity index is 2.53. The number of fused-ring (bicyclic) bond motifs is 1. The summed E-state index contributed by atoms with van der Waals surface area (Å²) in [5.74, 6) is -2.89. The minimum Gasteiger partial charge on any atom is -0.548 e. The first-order valence-corrected chi connectivity index (χ1v) is 4.72. The third-order valence-corrected chi connectivity index (χ3v) is 2.55. The van der Waals surface area contributed by atoms with Crippen molar-refractivity contribution in [1.29, 1.82) is 0 Å². The minimum atomic E-state index is -1.39. The second-order valence-electron chi connectivity index (χ2n) is 3.52. The number of carbonyl (C=O) groups excluding carboxylic acids is 3. The summed E-state index contributed by atoms with van der Waals surface area (Å²) in [6.45, 7) is 1.31. The SMILES string of the molecule is C[C@H](C(=O)[O-])N1C(=O)C(=O)c2ccccc21. The zero-order valence-electron chi connectivity index (χ0n) is 8.47. The maximum Gasteiger partial charge on any atom is 0.300 e. The van der Waals surface area contributed by atoms with Gasteiger partial charge in [0.15, 0.2) is 0 Å². The summed E-state index contributed by atoms with van der Waals surface area (Å²) < 4.78 is 0. The molecular weight excluding hydrogens is 210 g/mol. The van der Waals surface area contributed by atoms with Crippen molar-refractivity contribution in [3.63, 3.8) is 0 Å². The third-order valence-electron chi connectivity index (χ3n) is 2.55. The topological polar surface area (TPSA) is 77.5 Å². The van der Waals surface area contributed by atoms with E-state index in [1.54, 1.807) is 12.1 Å². The third kappa shape index (κ3) is 1.29. The van der Waals surface area contributed by atoms with E-state index in [1.165, 1.54) is 19.1 Å². The van der Waals surface area contributed by atoms with Crippen molar-refractivity contribution in [3.05, 3.63) is 29.8 Å². The molecule has 1 aliphatic rings. The predicted octanol–water partition coefficient (Wildman–Crippen LogP) is -0.646. The van der Waals surface area contributed by atoms with Gasteiger partial charge in [-0.1, -0.05) is 12.1 Å². The van der Waals surface area contributed by atoms with Gasteiger partial charge in [-0.3, -0.25) is 14.5 Å². The molecule has 1 heterocycles. The number of anilines is 1. The monoisotopic (exact) mass is 218 g/mol. The molecule has 1 aromatic carbocycles. The van der Waals surface area contributed by atoms with Crippen LogP contribution in [0.1, 0.15) is 17.3 Å². The van der Waals surface area contributed by atoms with Crippen LogP contribution in [0.3, 0.4) is 0 Å². The summed E-state index contributed by atoms with van der Waals surface area (Å²) in [6.07, 6.45) is 0. The van der Waals surface area contributed by atoms with E-state index in [1.807, 2.05) is 0 Å². The fourth-order valence-electron chi connectivity index (χ4n) is 1.70. The second-order valence-corrected chi connectivity index (χ2v) is 3.52. The average molecular weight is 218 g/mol. The Morgan fingerprint density at radius 1 is 1.31 bits per heavy atom. The first-order valence-electron chi connectivity index (χ1n) is 4.72. The lowest BCUT2D eigenvalue weighted by Crippen LogP contribution is -2.48. The number of nitrogens with zero attached hydrogens (tertiary/aromatic N) is 1. The normalized spacial score (nSPS) is 16.2. The fourth-order valence-corrected chi connectivity index (χ4v) is 1.70. The molecule has 16 heavy (non-hydrogen) atoms. The van der Waals surface area contributed by atoms with E-state index in [0.29, 0.717) is 5.69 Å². The molecule has 2 rings (SSSR count). The lowest BCUT2D eigenvalue weighted by molar-refractivity contribution is -0.306. The summed E-state index contributed by atoms with van der Waals surface area (Å²) in [6, 6.07) is 5.14. The van der Waals surface area contributed by atoms with Crippen LogP contribution in [-0.4, -0.2) is 23.7 Å². The maximum absolute atomic E-state index is 11.6.